The van der Waals surface area contributed by atoms with E-state index in [9.17, 15) is 0 Å². The maximum atomic E-state index is 6.18. The first-order chi connectivity index (χ1) is 7.44. The predicted octanol–water partition coefficient (Wildman–Crippen LogP) is 3.82. The molecular weight excluding hydrogens is 245 g/mol. The molecule has 1 N–H and O–H groups in total. The third-order valence-corrected chi connectivity index (χ3v) is 3.67. The fourth-order valence-electron chi connectivity index (χ4n) is 2.10. The summed E-state index contributed by atoms with van der Waals surface area (Å²) >= 11 is 12.2. The quantitative estimate of drug-likeness (QED) is 0.828. The van der Waals surface area contributed by atoms with Gasteiger partial charge in [0.15, 0.2) is 0 Å². The first kappa shape index (κ1) is 12.0. The largest absolute Gasteiger partial charge is 0.486 e. The number of fused-ring (bicyclic) bond motifs is 1. The van der Waals surface area contributed by atoms with Gasteiger partial charge in [0.2, 0.25) is 0 Å². The molecule has 0 saturated heterocycles. The van der Waals surface area contributed by atoms with Crippen LogP contribution in [0.15, 0.2) is 12.1 Å². The van der Waals surface area contributed by atoms with Crippen LogP contribution in [0, 0.1) is 0 Å². The van der Waals surface area contributed by atoms with Gasteiger partial charge in [0.05, 0.1) is 5.02 Å². The Kier molecular flexibility index (Phi) is 3.08. The van der Waals surface area contributed by atoms with E-state index in [2.05, 4.69) is 19.2 Å². The maximum Gasteiger partial charge on any atom is 0.145 e. The van der Waals surface area contributed by atoms with Crippen LogP contribution in [-0.2, 0) is 0 Å². The van der Waals surface area contributed by atoms with Crippen molar-refractivity contribution < 1.29 is 4.74 Å². The van der Waals surface area contributed by atoms with Gasteiger partial charge in [0.25, 0.3) is 0 Å². The number of benzene rings is 1. The molecule has 0 bridgehead atoms. The van der Waals surface area contributed by atoms with Crippen LogP contribution in [0.2, 0.25) is 10.0 Å². The summed E-state index contributed by atoms with van der Waals surface area (Å²) in [5.74, 6) is 0.713. The van der Waals surface area contributed by atoms with Crippen LogP contribution in [0.5, 0.6) is 5.75 Å². The molecule has 1 aromatic rings. The van der Waals surface area contributed by atoms with Crippen LogP contribution in [0.4, 0.5) is 0 Å². The van der Waals surface area contributed by atoms with Gasteiger partial charge in [-0.3, -0.25) is 0 Å². The summed E-state index contributed by atoms with van der Waals surface area (Å²) in [5, 5.41) is 4.32. The number of nitrogens with one attached hydrogen (secondary N) is 1. The van der Waals surface area contributed by atoms with Crippen molar-refractivity contribution in [2.75, 3.05) is 7.05 Å². The van der Waals surface area contributed by atoms with Crippen LogP contribution in [-0.4, -0.2) is 12.6 Å². The smallest absolute Gasteiger partial charge is 0.145 e. The summed E-state index contributed by atoms with van der Waals surface area (Å²) in [5.41, 5.74) is 0.853. The first-order valence-corrected chi connectivity index (χ1v) is 6.04. The summed E-state index contributed by atoms with van der Waals surface area (Å²) in [6, 6.07) is 4.04. The lowest BCUT2D eigenvalue weighted by Gasteiger charge is -2.38. The SMILES string of the molecule is CNC1CC(C)(C)Oc2c1ccc(Cl)c2Cl. The molecule has 1 aliphatic rings. The van der Waals surface area contributed by atoms with Crippen LogP contribution in [0.1, 0.15) is 31.9 Å². The molecule has 0 radical (unpaired) electrons. The fourth-order valence-corrected chi connectivity index (χ4v) is 2.46. The molecule has 1 atom stereocenters. The van der Waals surface area contributed by atoms with Crippen molar-refractivity contribution in [3.8, 4) is 5.75 Å². The highest BCUT2D eigenvalue weighted by molar-refractivity contribution is 6.43. The van der Waals surface area contributed by atoms with E-state index in [-0.39, 0.29) is 11.6 Å². The van der Waals surface area contributed by atoms with Gasteiger partial charge >= 0.3 is 0 Å². The van der Waals surface area contributed by atoms with E-state index in [0.29, 0.717) is 15.8 Å². The Morgan fingerprint density at radius 2 is 2.06 bits per heavy atom. The van der Waals surface area contributed by atoms with E-state index >= 15 is 0 Å². The zero-order valence-electron chi connectivity index (χ0n) is 9.60. The Labute approximate surface area is 106 Å². The molecule has 0 amide bonds. The highest BCUT2D eigenvalue weighted by Crippen LogP contribution is 2.45. The topological polar surface area (TPSA) is 21.3 Å². The molecule has 16 heavy (non-hydrogen) atoms. The van der Waals surface area contributed by atoms with E-state index in [0.717, 1.165) is 12.0 Å². The Hall–Kier alpha value is -0.440. The van der Waals surface area contributed by atoms with Gasteiger partial charge in [-0.2, -0.15) is 0 Å². The molecule has 0 fully saturated rings. The summed E-state index contributed by atoms with van der Waals surface area (Å²) < 4.78 is 5.91. The lowest BCUT2D eigenvalue weighted by Crippen LogP contribution is -2.38. The number of rotatable bonds is 1. The number of hydrogen-bond acceptors (Lipinski definition) is 2. The Bertz CT molecular complexity index is 418. The van der Waals surface area contributed by atoms with E-state index in [1.807, 2.05) is 19.2 Å². The lowest BCUT2D eigenvalue weighted by atomic mass is 9.90. The van der Waals surface area contributed by atoms with Gasteiger partial charge in [-0.15, -0.1) is 0 Å². The van der Waals surface area contributed by atoms with Crippen molar-refractivity contribution in [3.63, 3.8) is 0 Å². The second-order valence-corrected chi connectivity index (χ2v) is 5.47. The van der Waals surface area contributed by atoms with Gasteiger partial charge in [-0.1, -0.05) is 29.3 Å². The van der Waals surface area contributed by atoms with Crippen LogP contribution in [0.25, 0.3) is 0 Å². The molecule has 88 valence electrons. The molecule has 2 nitrogen and oxygen atoms in total. The van der Waals surface area contributed by atoms with E-state index in [1.54, 1.807) is 0 Å². The highest BCUT2D eigenvalue weighted by atomic mass is 35.5. The molecule has 0 aromatic heterocycles. The zero-order chi connectivity index (χ0) is 11.9. The number of hydrogen-bond donors (Lipinski definition) is 1. The Balaban J connectivity index is 2.54. The number of halogens is 2. The normalized spacial score (nSPS) is 22.4. The van der Waals surface area contributed by atoms with Gasteiger partial charge in [0.1, 0.15) is 16.4 Å². The first-order valence-electron chi connectivity index (χ1n) is 5.29. The minimum atomic E-state index is -0.227. The number of ether oxygens (including phenoxy) is 1. The average Bonchev–Trinajstić information content (AvgIpc) is 2.22. The van der Waals surface area contributed by atoms with E-state index in [1.165, 1.54) is 0 Å². The molecule has 1 unspecified atom stereocenters. The minimum absolute atomic E-state index is 0.227. The summed E-state index contributed by atoms with van der Waals surface area (Å²) in [6.45, 7) is 4.11. The van der Waals surface area contributed by atoms with Crippen molar-refractivity contribution in [1.29, 1.82) is 0 Å². The molecule has 1 heterocycles. The van der Waals surface area contributed by atoms with Crippen molar-refractivity contribution >= 4 is 23.2 Å². The van der Waals surface area contributed by atoms with Gasteiger partial charge in [-0.25, -0.2) is 0 Å². The summed E-state index contributed by atoms with van der Waals surface area (Å²) in [7, 11) is 1.94. The summed E-state index contributed by atoms with van der Waals surface area (Å²) in [6.07, 6.45) is 0.911. The predicted molar refractivity (Wildman–Crippen MR) is 67.6 cm³/mol. The van der Waals surface area contributed by atoms with Crippen molar-refractivity contribution in [1.82, 2.24) is 5.32 Å². The average molecular weight is 260 g/mol. The van der Waals surface area contributed by atoms with Crippen LogP contribution in [0.3, 0.4) is 0 Å². The second-order valence-electron chi connectivity index (χ2n) is 4.69. The Morgan fingerprint density at radius 1 is 1.38 bits per heavy atom. The molecule has 1 aromatic carbocycles. The minimum Gasteiger partial charge on any atom is -0.486 e. The summed E-state index contributed by atoms with van der Waals surface area (Å²) in [4.78, 5) is 0. The van der Waals surface area contributed by atoms with Gasteiger partial charge in [0, 0.05) is 18.0 Å². The maximum absolute atomic E-state index is 6.18. The van der Waals surface area contributed by atoms with Gasteiger partial charge in [-0.05, 0) is 27.0 Å². The molecule has 0 saturated carbocycles. The van der Waals surface area contributed by atoms with Crippen molar-refractivity contribution in [2.45, 2.75) is 31.9 Å². The van der Waals surface area contributed by atoms with Crippen LogP contribution < -0.4 is 10.1 Å². The van der Waals surface area contributed by atoms with E-state index < -0.39 is 0 Å². The van der Waals surface area contributed by atoms with Crippen molar-refractivity contribution in [3.05, 3.63) is 27.7 Å². The van der Waals surface area contributed by atoms with Gasteiger partial charge < -0.3 is 10.1 Å². The third kappa shape index (κ3) is 2.02. The molecule has 2 rings (SSSR count). The fraction of sp³-hybridized carbons (Fsp3) is 0.500. The molecule has 1 aliphatic heterocycles. The molecule has 0 spiro atoms. The molecule has 4 heteroatoms. The zero-order valence-corrected chi connectivity index (χ0v) is 11.1. The van der Waals surface area contributed by atoms with E-state index in [4.69, 9.17) is 27.9 Å². The monoisotopic (exact) mass is 259 g/mol. The Morgan fingerprint density at radius 3 is 2.69 bits per heavy atom. The molecular formula is C12H15Cl2NO. The standard InChI is InChI=1S/C12H15Cl2NO/c1-12(2)6-9(15-3)7-4-5-8(13)10(14)11(7)16-12/h4-5,9,15H,6H2,1-3H3. The lowest BCUT2D eigenvalue weighted by molar-refractivity contribution is 0.0677. The van der Waals surface area contributed by atoms with Crippen LogP contribution >= 0.6 is 23.2 Å². The highest BCUT2D eigenvalue weighted by Gasteiger charge is 2.34. The second kappa shape index (κ2) is 4.10. The third-order valence-electron chi connectivity index (χ3n) is 2.88. The van der Waals surface area contributed by atoms with Crippen molar-refractivity contribution in [2.24, 2.45) is 0 Å². The molecule has 0 aliphatic carbocycles.